The smallest absolute Gasteiger partial charge is 0.336 e. The van der Waals surface area contributed by atoms with Crippen molar-refractivity contribution in [1.82, 2.24) is 0 Å². The zero-order valence-corrected chi connectivity index (χ0v) is 12.1. The van der Waals surface area contributed by atoms with Crippen molar-refractivity contribution in [2.24, 2.45) is 0 Å². The van der Waals surface area contributed by atoms with Crippen molar-refractivity contribution in [2.75, 3.05) is 0 Å². The summed E-state index contributed by atoms with van der Waals surface area (Å²) in [6.45, 7) is 3.90. The molecule has 3 heteroatoms. The first kappa shape index (κ1) is 14.4. The molecule has 0 atom stereocenters. The molecule has 1 N–H and O–H groups in total. The number of hydrogen-bond acceptors (Lipinski definition) is 1. The lowest BCUT2D eigenvalue weighted by atomic mass is 9.97. The molecular formula is C17H15ClO2. The van der Waals surface area contributed by atoms with Crippen molar-refractivity contribution >= 4 is 29.2 Å². The van der Waals surface area contributed by atoms with Gasteiger partial charge in [0.15, 0.2) is 0 Å². The van der Waals surface area contributed by atoms with Crippen LogP contribution >= 0.6 is 11.6 Å². The Labute approximate surface area is 123 Å². The van der Waals surface area contributed by atoms with E-state index in [0.29, 0.717) is 5.02 Å². The number of benzene rings is 2. The summed E-state index contributed by atoms with van der Waals surface area (Å²) in [5, 5.41) is 10.1. The number of carbonyl (C=O) groups is 1. The first-order valence-electron chi connectivity index (χ1n) is 6.25. The maximum absolute atomic E-state index is 11.5. The van der Waals surface area contributed by atoms with E-state index in [1.807, 2.05) is 32.0 Å². The minimum Gasteiger partial charge on any atom is -0.478 e. The number of carboxylic acids is 1. The molecule has 2 aromatic rings. The monoisotopic (exact) mass is 286 g/mol. The van der Waals surface area contributed by atoms with Gasteiger partial charge in [0.25, 0.3) is 0 Å². The Morgan fingerprint density at radius 1 is 1.10 bits per heavy atom. The van der Waals surface area contributed by atoms with E-state index in [1.54, 1.807) is 30.3 Å². The first-order chi connectivity index (χ1) is 9.47. The highest BCUT2D eigenvalue weighted by Crippen LogP contribution is 2.23. The van der Waals surface area contributed by atoms with Gasteiger partial charge in [-0.15, -0.1) is 0 Å². The van der Waals surface area contributed by atoms with Crippen molar-refractivity contribution in [2.45, 2.75) is 13.8 Å². The average Bonchev–Trinajstić information content (AvgIpc) is 2.39. The summed E-state index contributed by atoms with van der Waals surface area (Å²) < 4.78 is 0. The Bertz CT molecular complexity index is 670. The van der Waals surface area contributed by atoms with Crippen LogP contribution in [-0.4, -0.2) is 11.1 Å². The van der Waals surface area contributed by atoms with Crippen LogP contribution in [0.5, 0.6) is 0 Å². The summed E-state index contributed by atoms with van der Waals surface area (Å²) in [7, 11) is 0. The number of aliphatic carboxylic acids is 1. The zero-order chi connectivity index (χ0) is 14.7. The lowest BCUT2D eigenvalue weighted by Gasteiger charge is -2.08. The molecule has 0 spiro atoms. The van der Waals surface area contributed by atoms with Crippen LogP contribution in [0.4, 0.5) is 0 Å². The Kier molecular flexibility index (Phi) is 4.26. The van der Waals surface area contributed by atoms with Crippen LogP contribution in [0.1, 0.15) is 22.3 Å². The quantitative estimate of drug-likeness (QED) is 0.662. The van der Waals surface area contributed by atoms with Gasteiger partial charge in [-0.2, -0.15) is 0 Å². The summed E-state index contributed by atoms with van der Waals surface area (Å²) in [6.07, 6.45) is 1.66. The molecule has 0 unspecified atom stereocenters. The number of rotatable bonds is 3. The molecule has 0 aromatic heterocycles. The van der Waals surface area contributed by atoms with Crippen LogP contribution in [-0.2, 0) is 4.79 Å². The maximum Gasteiger partial charge on any atom is 0.336 e. The Morgan fingerprint density at radius 3 is 2.30 bits per heavy atom. The molecular weight excluding hydrogens is 272 g/mol. The van der Waals surface area contributed by atoms with Crippen molar-refractivity contribution in [3.05, 3.63) is 69.7 Å². The van der Waals surface area contributed by atoms with Crippen LogP contribution in [0.3, 0.4) is 0 Å². The maximum atomic E-state index is 11.5. The topological polar surface area (TPSA) is 37.3 Å². The fourth-order valence-electron chi connectivity index (χ4n) is 2.10. The van der Waals surface area contributed by atoms with Gasteiger partial charge in [-0.3, -0.25) is 0 Å². The van der Waals surface area contributed by atoms with Crippen molar-refractivity contribution in [1.29, 1.82) is 0 Å². The molecule has 102 valence electrons. The second-order valence-electron chi connectivity index (χ2n) is 4.73. The molecule has 2 nitrogen and oxygen atoms in total. The molecule has 20 heavy (non-hydrogen) atoms. The van der Waals surface area contributed by atoms with Crippen LogP contribution < -0.4 is 0 Å². The lowest BCUT2D eigenvalue weighted by molar-refractivity contribution is -0.130. The van der Waals surface area contributed by atoms with Gasteiger partial charge in [0, 0.05) is 5.02 Å². The summed E-state index contributed by atoms with van der Waals surface area (Å²) in [5.74, 6) is -0.938. The highest BCUT2D eigenvalue weighted by molar-refractivity contribution is 6.30. The van der Waals surface area contributed by atoms with E-state index in [1.165, 1.54) is 0 Å². The van der Waals surface area contributed by atoms with Crippen LogP contribution in [0.15, 0.2) is 42.5 Å². The van der Waals surface area contributed by atoms with Gasteiger partial charge in [-0.25, -0.2) is 4.79 Å². The minimum atomic E-state index is -0.938. The van der Waals surface area contributed by atoms with Crippen molar-refractivity contribution in [3.63, 3.8) is 0 Å². The second kappa shape index (κ2) is 5.93. The van der Waals surface area contributed by atoms with Gasteiger partial charge in [-0.05, 0) is 48.7 Å². The molecule has 2 rings (SSSR count). The highest BCUT2D eigenvalue weighted by atomic mass is 35.5. The third-order valence-electron chi connectivity index (χ3n) is 3.08. The molecule has 2 aromatic carbocycles. The predicted octanol–water partition coefficient (Wildman–Crippen LogP) is 4.58. The van der Waals surface area contributed by atoms with Gasteiger partial charge >= 0.3 is 5.97 Å². The Balaban J connectivity index is 2.51. The minimum absolute atomic E-state index is 0.282. The van der Waals surface area contributed by atoms with E-state index < -0.39 is 5.97 Å². The molecule has 0 amide bonds. The Hall–Kier alpha value is -2.06. The number of hydrogen-bond donors (Lipinski definition) is 1. The fourth-order valence-corrected chi connectivity index (χ4v) is 2.22. The first-order valence-corrected chi connectivity index (χ1v) is 6.63. The van der Waals surface area contributed by atoms with E-state index in [9.17, 15) is 9.90 Å². The molecule has 0 bridgehead atoms. The number of aryl methyl sites for hydroxylation is 2. The van der Waals surface area contributed by atoms with Gasteiger partial charge in [0.2, 0.25) is 0 Å². The summed E-state index contributed by atoms with van der Waals surface area (Å²) in [5.41, 5.74) is 3.89. The second-order valence-corrected chi connectivity index (χ2v) is 5.17. The Morgan fingerprint density at radius 2 is 1.75 bits per heavy atom. The predicted molar refractivity (Wildman–Crippen MR) is 82.9 cm³/mol. The van der Waals surface area contributed by atoms with Gasteiger partial charge in [0.1, 0.15) is 0 Å². The molecule has 0 heterocycles. The molecule has 0 aliphatic heterocycles. The third-order valence-corrected chi connectivity index (χ3v) is 3.34. The van der Waals surface area contributed by atoms with Crippen LogP contribution in [0.2, 0.25) is 5.02 Å². The normalized spacial score (nSPS) is 11.4. The number of carboxylic acid groups (broad SMARTS) is 1. The van der Waals surface area contributed by atoms with E-state index in [4.69, 9.17) is 11.6 Å². The molecule has 0 aliphatic carbocycles. The van der Waals surface area contributed by atoms with E-state index in [0.717, 1.165) is 22.3 Å². The molecule has 0 saturated carbocycles. The number of halogens is 1. The SMILES string of the molecule is Cc1ccc(/C(=C/c2ccc(Cl)cc2)C(=O)O)c(C)c1. The average molecular weight is 287 g/mol. The van der Waals surface area contributed by atoms with Crippen molar-refractivity contribution in [3.8, 4) is 0 Å². The van der Waals surface area contributed by atoms with Crippen LogP contribution in [0.25, 0.3) is 11.6 Å². The van der Waals surface area contributed by atoms with Gasteiger partial charge < -0.3 is 5.11 Å². The fraction of sp³-hybridized carbons (Fsp3) is 0.118. The molecule has 0 fully saturated rings. The van der Waals surface area contributed by atoms with Gasteiger partial charge in [0.05, 0.1) is 5.57 Å². The standard InChI is InChI=1S/C17H15ClO2/c1-11-3-8-15(12(2)9-11)16(17(19)20)10-13-4-6-14(18)7-5-13/h3-10H,1-2H3,(H,19,20)/b16-10-. The molecule has 0 radical (unpaired) electrons. The summed E-state index contributed by atoms with van der Waals surface area (Å²) >= 11 is 5.83. The zero-order valence-electron chi connectivity index (χ0n) is 11.4. The van der Waals surface area contributed by atoms with E-state index in [-0.39, 0.29) is 5.57 Å². The highest BCUT2D eigenvalue weighted by Gasteiger charge is 2.12. The lowest BCUT2D eigenvalue weighted by Crippen LogP contribution is -2.01. The van der Waals surface area contributed by atoms with Gasteiger partial charge in [-0.1, -0.05) is 47.5 Å². The molecule has 0 saturated heterocycles. The van der Waals surface area contributed by atoms with Crippen LogP contribution in [0, 0.1) is 13.8 Å². The largest absolute Gasteiger partial charge is 0.478 e. The molecule has 0 aliphatic rings. The summed E-state index contributed by atoms with van der Waals surface area (Å²) in [6, 6.07) is 12.8. The van der Waals surface area contributed by atoms with E-state index in [2.05, 4.69) is 0 Å². The van der Waals surface area contributed by atoms with E-state index >= 15 is 0 Å². The third kappa shape index (κ3) is 3.28. The summed E-state index contributed by atoms with van der Waals surface area (Å²) in [4.78, 5) is 11.5. The van der Waals surface area contributed by atoms with Crippen molar-refractivity contribution < 1.29 is 9.90 Å².